The van der Waals surface area contributed by atoms with Crippen LogP contribution in [0.4, 0.5) is 0 Å². The summed E-state index contributed by atoms with van der Waals surface area (Å²) in [5.74, 6) is -1.26. The smallest absolute Gasteiger partial charge is 0.328 e. The van der Waals surface area contributed by atoms with E-state index >= 15 is 0 Å². The molecule has 5 heteroatoms. The maximum atomic E-state index is 11.9. The quantitative estimate of drug-likeness (QED) is 0.735. The van der Waals surface area contributed by atoms with E-state index in [2.05, 4.69) is 4.90 Å². The van der Waals surface area contributed by atoms with Gasteiger partial charge in [-0.25, -0.2) is 4.79 Å². The lowest BCUT2D eigenvalue weighted by Crippen LogP contribution is -2.59. The molecule has 2 fully saturated rings. The molecular weight excluding hydrogens is 232 g/mol. The van der Waals surface area contributed by atoms with Gasteiger partial charge >= 0.3 is 5.97 Å². The van der Waals surface area contributed by atoms with Crippen LogP contribution in [0.1, 0.15) is 26.2 Å². The van der Waals surface area contributed by atoms with Gasteiger partial charge in [0.2, 0.25) is 5.91 Å². The number of hydrogen-bond acceptors (Lipinski definition) is 3. The van der Waals surface area contributed by atoms with E-state index in [9.17, 15) is 9.59 Å². The second kappa shape index (κ2) is 5.52. The van der Waals surface area contributed by atoms with Crippen molar-refractivity contribution in [3.05, 3.63) is 12.2 Å². The van der Waals surface area contributed by atoms with Crippen LogP contribution in [0.25, 0.3) is 0 Å². The summed E-state index contributed by atoms with van der Waals surface area (Å²) < 4.78 is 0. The first-order chi connectivity index (χ1) is 8.58. The van der Waals surface area contributed by atoms with Crippen molar-refractivity contribution in [2.75, 3.05) is 19.6 Å². The minimum atomic E-state index is -1.08. The average molecular weight is 252 g/mol. The lowest BCUT2D eigenvalue weighted by molar-refractivity contribution is -0.134. The molecule has 2 saturated heterocycles. The average Bonchev–Trinajstić information content (AvgIpc) is 2.35. The fourth-order valence-corrected chi connectivity index (χ4v) is 2.90. The molecule has 0 aromatic rings. The van der Waals surface area contributed by atoms with E-state index in [-0.39, 0.29) is 11.9 Å². The first kappa shape index (κ1) is 13.1. The molecule has 2 aliphatic heterocycles. The van der Waals surface area contributed by atoms with Crippen molar-refractivity contribution in [3.8, 4) is 0 Å². The Morgan fingerprint density at radius 3 is 2.72 bits per heavy atom. The lowest BCUT2D eigenvalue weighted by Gasteiger charge is -2.47. The molecule has 0 aromatic heterocycles. The number of piperidine rings is 1. The van der Waals surface area contributed by atoms with Crippen LogP contribution in [0.15, 0.2) is 12.2 Å². The monoisotopic (exact) mass is 252 g/mol. The number of carbonyl (C=O) groups is 2. The minimum absolute atomic E-state index is 0.158. The Labute approximate surface area is 107 Å². The van der Waals surface area contributed by atoms with Crippen molar-refractivity contribution < 1.29 is 14.7 Å². The van der Waals surface area contributed by atoms with Gasteiger partial charge in [0, 0.05) is 37.3 Å². The molecule has 2 rings (SSSR count). The number of carboxylic acids is 1. The zero-order valence-electron chi connectivity index (χ0n) is 10.7. The number of piperazine rings is 1. The molecule has 2 aliphatic rings. The van der Waals surface area contributed by atoms with Gasteiger partial charge in [-0.3, -0.25) is 9.69 Å². The Bertz CT molecular complexity index is 367. The lowest BCUT2D eigenvalue weighted by atomic mass is 9.97. The van der Waals surface area contributed by atoms with Crippen LogP contribution in [-0.2, 0) is 9.59 Å². The van der Waals surface area contributed by atoms with Gasteiger partial charge in [-0.2, -0.15) is 0 Å². The minimum Gasteiger partial charge on any atom is -0.478 e. The molecule has 2 unspecified atom stereocenters. The van der Waals surface area contributed by atoms with Gasteiger partial charge in [-0.05, 0) is 26.3 Å². The van der Waals surface area contributed by atoms with Crippen LogP contribution in [-0.4, -0.2) is 58.5 Å². The molecule has 18 heavy (non-hydrogen) atoms. The van der Waals surface area contributed by atoms with Crippen LogP contribution < -0.4 is 0 Å². The molecule has 0 spiro atoms. The SMILES string of the molecule is CC1CN2CCCCC2CN1C(=O)C=CC(=O)O. The van der Waals surface area contributed by atoms with Gasteiger partial charge < -0.3 is 10.0 Å². The number of carboxylic acid groups (broad SMARTS) is 1. The Morgan fingerprint density at radius 1 is 1.22 bits per heavy atom. The highest BCUT2D eigenvalue weighted by Gasteiger charge is 2.34. The first-order valence-electron chi connectivity index (χ1n) is 6.53. The van der Waals surface area contributed by atoms with E-state index < -0.39 is 5.97 Å². The summed E-state index contributed by atoms with van der Waals surface area (Å²) in [7, 11) is 0. The molecule has 5 nitrogen and oxygen atoms in total. The summed E-state index contributed by atoms with van der Waals surface area (Å²) >= 11 is 0. The Morgan fingerprint density at radius 2 is 2.00 bits per heavy atom. The highest BCUT2D eigenvalue weighted by atomic mass is 16.4. The molecule has 0 aliphatic carbocycles. The number of hydrogen-bond donors (Lipinski definition) is 1. The largest absolute Gasteiger partial charge is 0.478 e. The van der Waals surface area contributed by atoms with E-state index in [0.717, 1.165) is 38.2 Å². The van der Waals surface area contributed by atoms with Crippen molar-refractivity contribution in [2.45, 2.75) is 38.3 Å². The Kier molecular flexibility index (Phi) is 4.01. The summed E-state index contributed by atoms with van der Waals surface area (Å²) in [5, 5.41) is 8.55. The maximum Gasteiger partial charge on any atom is 0.328 e. The Balaban J connectivity index is 2.00. The number of nitrogens with zero attached hydrogens (tertiary/aromatic N) is 2. The van der Waals surface area contributed by atoms with Crippen molar-refractivity contribution in [2.24, 2.45) is 0 Å². The van der Waals surface area contributed by atoms with Gasteiger partial charge in [0.25, 0.3) is 0 Å². The van der Waals surface area contributed by atoms with Crippen LogP contribution in [0.2, 0.25) is 0 Å². The van der Waals surface area contributed by atoms with Gasteiger partial charge in [0.1, 0.15) is 0 Å². The van der Waals surface area contributed by atoms with E-state index in [4.69, 9.17) is 5.11 Å². The van der Waals surface area contributed by atoms with E-state index in [0.29, 0.717) is 6.04 Å². The molecular formula is C13H20N2O3. The Hall–Kier alpha value is -1.36. The van der Waals surface area contributed by atoms with Gasteiger partial charge in [-0.1, -0.05) is 6.42 Å². The van der Waals surface area contributed by atoms with Crippen molar-refractivity contribution in [1.82, 2.24) is 9.80 Å². The zero-order chi connectivity index (χ0) is 13.1. The van der Waals surface area contributed by atoms with Gasteiger partial charge in [0.15, 0.2) is 0 Å². The number of rotatable bonds is 2. The van der Waals surface area contributed by atoms with Gasteiger partial charge in [-0.15, -0.1) is 0 Å². The summed E-state index contributed by atoms with van der Waals surface area (Å²) in [4.78, 5) is 26.6. The third-order valence-electron chi connectivity index (χ3n) is 3.84. The van der Waals surface area contributed by atoms with Crippen molar-refractivity contribution in [1.29, 1.82) is 0 Å². The maximum absolute atomic E-state index is 11.9. The van der Waals surface area contributed by atoms with E-state index in [1.54, 1.807) is 4.90 Å². The summed E-state index contributed by atoms with van der Waals surface area (Å²) in [5.41, 5.74) is 0. The molecule has 2 atom stereocenters. The van der Waals surface area contributed by atoms with E-state index in [1.807, 2.05) is 6.92 Å². The van der Waals surface area contributed by atoms with Crippen LogP contribution in [0.3, 0.4) is 0 Å². The van der Waals surface area contributed by atoms with Crippen LogP contribution in [0, 0.1) is 0 Å². The molecule has 2 heterocycles. The third kappa shape index (κ3) is 2.90. The summed E-state index contributed by atoms with van der Waals surface area (Å²) in [6, 6.07) is 0.613. The third-order valence-corrected chi connectivity index (χ3v) is 3.84. The highest BCUT2D eigenvalue weighted by molar-refractivity contribution is 5.94. The highest BCUT2D eigenvalue weighted by Crippen LogP contribution is 2.24. The van der Waals surface area contributed by atoms with Crippen LogP contribution >= 0.6 is 0 Å². The summed E-state index contributed by atoms with van der Waals surface area (Å²) in [6.07, 6.45) is 5.69. The predicted molar refractivity (Wildman–Crippen MR) is 67.2 cm³/mol. The molecule has 0 saturated carbocycles. The molecule has 0 aromatic carbocycles. The zero-order valence-corrected chi connectivity index (χ0v) is 10.7. The van der Waals surface area contributed by atoms with Gasteiger partial charge in [0.05, 0.1) is 0 Å². The van der Waals surface area contributed by atoms with Crippen LogP contribution in [0.5, 0.6) is 0 Å². The fourth-order valence-electron chi connectivity index (χ4n) is 2.90. The second-order valence-electron chi connectivity index (χ2n) is 5.16. The topological polar surface area (TPSA) is 60.9 Å². The second-order valence-corrected chi connectivity index (χ2v) is 5.16. The van der Waals surface area contributed by atoms with E-state index in [1.165, 1.54) is 12.8 Å². The molecule has 0 radical (unpaired) electrons. The normalized spacial score (nSPS) is 29.3. The summed E-state index contributed by atoms with van der Waals surface area (Å²) in [6.45, 7) is 4.78. The number of aliphatic carboxylic acids is 1. The standard InChI is InChI=1S/C13H20N2O3/c1-10-8-14-7-3-2-4-11(14)9-15(10)12(16)5-6-13(17)18/h5-6,10-11H,2-4,7-9H2,1H3,(H,17,18). The fraction of sp³-hybridized carbons (Fsp3) is 0.692. The number of fused-ring (bicyclic) bond motifs is 1. The first-order valence-corrected chi connectivity index (χ1v) is 6.53. The van der Waals surface area contributed by atoms with Crippen molar-refractivity contribution in [3.63, 3.8) is 0 Å². The molecule has 1 amide bonds. The molecule has 1 N–H and O–H groups in total. The number of amides is 1. The molecule has 100 valence electrons. The number of carbonyl (C=O) groups excluding carboxylic acids is 1. The molecule has 0 bridgehead atoms. The predicted octanol–water partition coefficient (Wildman–Crippen LogP) is 0.712. The van der Waals surface area contributed by atoms with Crippen molar-refractivity contribution >= 4 is 11.9 Å².